The first kappa shape index (κ1) is 56.7. The van der Waals surface area contributed by atoms with E-state index in [0.29, 0.717) is 0 Å². The molecule has 0 rings (SSSR count). The molecule has 0 aromatic carbocycles. The summed E-state index contributed by atoms with van der Waals surface area (Å²) in [6.45, 7) is 1.28. The first-order valence-electron chi connectivity index (χ1n) is 6.99. The fourth-order valence-electron chi connectivity index (χ4n) is 1.66. The molecule has 0 saturated heterocycles. The molecular formula is C21H60O8. The Bertz CT molecular complexity index is 173. The van der Waals surface area contributed by atoms with E-state index < -0.39 is 5.41 Å². The highest BCUT2D eigenvalue weighted by atomic mass is 16.5. The summed E-state index contributed by atoms with van der Waals surface area (Å²) in [5.74, 6) is 0. The molecule has 0 saturated carbocycles. The predicted molar refractivity (Wildman–Crippen MR) is 128 cm³/mol. The van der Waals surface area contributed by atoms with Crippen LogP contribution in [0.5, 0.6) is 0 Å². The molecular weight excluding hydrogens is 380 g/mol. The van der Waals surface area contributed by atoms with Gasteiger partial charge in [-0.05, 0) is 0 Å². The Morgan fingerprint density at radius 2 is 0.552 bits per heavy atom. The zero-order chi connectivity index (χ0) is 15.8. The van der Waals surface area contributed by atoms with Gasteiger partial charge in [-0.25, -0.2) is 0 Å². The van der Waals surface area contributed by atoms with Crippen molar-refractivity contribution in [2.75, 3.05) is 79.3 Å². The van der Waals surface area contributed by atoms with Crippen LogP contribution in [0.25, 0.3) is 0 Å². The Morgan fingerprint density at radius 3 is 0.690 bits per heavy atom. The highest BCUT2D eigenvalue weighted by Crippen LogP contribution is 2.20. The SMILES string of the molecule is C.C.C.C.C.C.C.C.OCCOCC(COCCO)(COCCO)COCCO. The number of aliphatic hydroxyl groups excluding tert-OH is 4. The van der Waals surface area contributed by atoms with Gasteiger partial charge in [0.15, 0.2) is 0 Å². The third-order valence-electron chi connectivity index (χ3n) is 2.58. The van der Waals surface area contributed by atoms with E-state index >= 15 is 0 Å². The summed E-state index contributed by atoms with van der Waals surface area (Å²) in [5, 5.41) is 35.2. The highest BCUT2D eigenvalue weighted by molar-refractivity contribution is 4.79. The van der Waals surface area contributed by atoms with Crippen LogP contribution in [-0.2, 0) is 18.9 Å². The van der Waals surface area contributed by atoms with Crippen LogP contribution in [0.15, 0.2) is 0 Å². The van der Waals surface area contributed by atoms with Gasteiger partial charge >= 0.3 is 0 Å². The molecule has 0 amide bonds. The van der Waals surface area contributed by atoms with Gasteiger partial charge in [-0.15, -0.1) is 0 Å². The van der Waals surface area contributed by atoms with Crippen molar-refractivity contribution in [2.45, 2.75) is 59.4 Å². The predicted octanol–water partition coefficient (Wildman–Crippen LogP) is 3.10. The summed E-state index contributed by atoms with van der Waals surface area (Å²) in [6, 6.07) is 0. The van der Waals surface area contributed by atoms with Crippen LogP contribution in [0.1, 0.15) is 59.4 Å². The molecule has 4 N–H and O–H groups in total. The lowest BCUT2D eigenvalue weighted by atomic mass is 9.92. The molecule has 0 aliphatic rings. The van der Waals surface area contributed by atoms with Crippen molar-refractivity contribution >= 4 is 0 Å². The molecule has 0 spiro atoms. The van der Waals surface area contributed by atoms with Gasteiger partial charge in [0.05, 0.1) is 84.7 Å². The van der Waals surface area contributed by atoms with Gasteiger partial charge in [-0.2, -0.15) is 0 Å². The van der Waals surface area contributed by atoms with Gasteiger partial charge in [-0.1, -0.05) is 59.4 Å². The van der Waals surface area contributed by atoms with Gasteiger partial charge in [0.2, 0.25) is 0 Å². The molecule has 0 aliphatic heterocycles. The lowest BCUT2D eigenvalue weighted by molar-refractivity contribution is -0.115. The van der Waals surface area contributed by atoms with Crippen LogP contribution in [0, 0.1) is 5.41 Å². The first-order valence-corrected chi connectivity index (χ1v) is 6.99. The standard InChI is InChI=1S/C13H28O8.8CH4/c14-1-5-18-9-13(10-19-6-2-15,11-20-7-3-16)12-21-8-4-17;;;;;;;;/h14-17H,1-12H2;8*1H4. The Kier molecular flexibility index (Phi) is 82.0. The van der Waals surface area contributed by atoms with Gasteiger partial charge in [0, 0.05) is 0 Å². The molecule has 0 unspecified atom stereocenters. The molecule has 0 atom stereocenters. The molecule has 0 aliphatic carbocycles. The summed E-state index contributed by atoms with van der Waals surface area (Å²) in [4.78, 5) is 0. The molecule has 0 heterocycles. The summed E-state index contributed by atoms with van der Waals surface area (Å²) < 4.78 is 21.5. The van der Waals surface area contributed by atoms with Crippen LogP contribution >= 0.6 is 0 Å². The van der Waals surface area contributed by atoms with Crippen molar-refractivity contribution in [3.05, 3.63) is 0 Å². The topological polar surface area (TPSA) is 118 Å². The second-order valence-corrected chi connectivity index (χ2v) is 4.60. The monoisotopic (exact) mass is 440 g/mol. The molecule has 8 heteroatoms. The molecule has 0 aromatic rings. The average molecular weight is 441 g/mol. The van der Waals surface area contributed by atoms with Crippen molar-refractivity contribution in [3.8, 4) is 0 Å². The Morgan fingerprint density at radius 1 is 0.379 bits per heavy atom. The molecule has 0 radical (unpaired) electrons. The van der Waals surface area contributed by atoms with E-state index in [9.17, 15) is 0 Å². The first-order chi connectivity index (χ1) is 10.2. The van der Waals surface area contributed by atoms with Crippen LogP contribution in [0.4, 0.5) is 0 Å². The maximum Gasteiger partial charge on any atom is 0.0698 e. The molecule has 0 aromatic heterocycles. The Hall–Kier alpha value is -0.320. The quantitative estimate of drug-likeness (QED) is 0.270. The van der Waals surface area contributed by atoms with Gasteiger partial charge in [-0.3, -0.25) is 0 Å². The molecule has 8 nitrogen and oxygen atoms in total. The van der Waals surface area contributed by atoms with E-state index in [0.717, 1.165) is 0 Å². The van der Waals surface area contributed by atoms with E-state index in [1.807, 2.05) is 0 Å². The smallest absolute Gasteiger partial charge is 0.0698 e. The van der Waals surface area contributed by atoms with Crippen LogP contribution in [0.2, 0.25) is 0 Å². The van der Waals surface area contributed by atoms with Crippen molar-refractivity contribution in [1.82, 2.24) is 0 Å². The minimum Gasteiger partial charge on any atom is -0.394 e. The summed E-state index contributed by atoms with van der Waals surface area (Å²) >= 11 is 0. The number of ether oxygens (including phenoxy) is 4. The minimum atomic E-state index is -0.630. The van der Waals surface area contributed by atoms with E-state index in [1.165, 1.54) is 0 Å². The normalized spacial score (nSPS) is 8.69. The van der Waals surface area contributed by atoms with E-state index in [1.54, 1.807) is 0 Å². The highest BCUT2D eigenvalue weighted by Gasteiger charge is 2.32. The summed E-state index contributed by atoms with van der Waals surface area (Å²) in [6.07, 6.45) is 0. The van der Waals surface area contributed by atoms with Crippen molar-refractivity contribution in [3.63, 3.8) is 0 Å². The lowest BCUT2D eigenvalue weighted by Gasteiger charge is -2.32. The van der Waals surface area contributed by atoms with E-state index in [-0.39, 0.29) is 139 Å². The van der Waals surface area contributed by atoms with Gasteiger partial charge in [0.1, 0.15) is 0 Å². The van der Waals surface area contributed by atoms with E-state index in [2.05, 4.69) is 0 Å². The zero-order valence-corrected chi connectivity index (χ0v) is 12.4. The fraction of sp³-hybridized carbons (Fsp3) is 1.00. The van der Waals surface area contributed by atoms with E-state index in [4.69, 9.17) is 39.4 Å². The maximum atomic E-state index is 8.79. The third kappa shape index (κ3) is 32.6. The maximum absolute atomic E-state index is 8.79. The Labute approximate surface area is 184 Å². The van der Waals surface area contributed by atoms with Crippen molar-refractivity contribution < 1.29 is 39.4 Å². The summed E-state index contributed by atoms with van der Waals surface area (Å²) in [5.41, 5.74) is -0.630. The molecule has 29 heavy (non-hydrogen) atoms. The number of aliphatic hydroxyl groups is 4. The third-order valence-corrected chi connectivity index (χ3v) is 2.58. The Balaban J connectivity index is -0.0000000714. The number of hydrogen-bond acceptors (Lipinski definition) is 8. The van der Waals surface area contributed by atoms with Gasteiger partial charge in [0.25, 0.3) is 0 Å². The average Bonchev–Trinajstić information content (AvgIpc) is 2.48. The summed E-state index contributed by atoms with van der Waals surface area (Å²) in [7, 11) is 0. The minimum absolute atomic E-state index is 0. The van der Waals surface area contributed by atoms with Crippen molar-refractivity contribution in [2.24, 2.45) is 5.41 Å². The number of rotatable bonds is 16. The second kappa shape index (κ2) is 41.9. The zero-order valence-electron chi connectivity index (χ0n) is 12.4. The molecule has 0 fully saturated rings. The number of hydrogen-bond donors (Lipinski definition) is 4. The van der Waals surface area contributed by atoms with Crippen LogP contribution in [0.3, 0.4) is 0 Å². The molecule has 0 bridgehead atoms. The largest absolute Gasteiger partial charge is 0.394 e. The van der Waals surface area contributed by atoms with Crippen molar-refractivity contribution in [1.29, 1.82) is 0 Å². The van der Waals surface area contributed by atoms with Crippen LogP contribution < -0.4 is 0 Å². The fourth-order valence-corrected chi connectivity index (χ4v) is 1.66. The van der Waals surface area contributed by atoms with Gasteiger partial charge < -0.3 is 39.4 Å². The molecule has 192 valence electrons. The van der Waals surface area contributed by atoms with Crippen LogP contribution in [-0.4, -0.2) is 99.7 Å². The lowest BCUT2D eigenvalue weighted by Crippen LogP contribution is -2.42. The second-order valence-electron chi connectivity index (χ2n) is 4.60.